The highest BCUT2D eigenvalue weighted by molar-refractivity contribution is 9.10. The fourth-order valence-corrected chi connectivity index (χ4v) is 2.14. The molecule has 0 aliphatic rings. The number of halogens is 1. The second-order valence-electron chi connectivity index (χ2n) is 2.82. The van der Waals surface area contributed by atoms with Crippen LogP contribution in [-0.2, 0) is 15.8 Å². The van der Waals surface area contributed by atoms with E-state index in [1.807, 2.05) is 0 Å². The number of hydrogen-bond donors (Lipinski definition) is 2. The zero-order valence-corrected chi connectivity index (χ0v) is 10.0. The molecular formula is C8H11BrN2O2S. The molecule has 0 aromatic heterocycles. The Hall–Kier alpha value is -0.590. The Labute approximate surface area is 91.7 Å². The predicted octanol–water partition coefficient (Wildman–Crippen LogP) is 1.08. The first-order valence-electron chi connectivity index (χ1n) is 3.90. The zero-order valence-electron chi connectivity index (χ0n) is 7.62. The molecule has 0 spiro atoms. The van der Waals surface area contributed by atoms with Crippen LogP contribution in [0.25, 0.3) is 0 Å². The van der Waals surface area contributed by atoms with E-state index in [9.17, 15) is 8.42 Å². The first kappa shape index (κ1) is 11.5. The van der Waals surface area contributed by atoms with Crippen molar-refractivity contribution in [1.82, 2.24) is 4.72 Å². The topological polar surface area (TPSA) is 72.2 Å². The van der Waals surface area contributed by atoms with Gasteiger partial charge in [-0.15, -0.1) is 0 Å². The van der Waals surface area contributed by atoms with Gasteiger partial charge in [0.2, 0.25) is 10.0 Å². The lowest BCUT2D eigenvalue weighted by atomic mass is 10.2. The number of anilines is 1. The fraction of sp³-hybridized carbons (Fsp3) is 0.250. The molecule has 6 heteroatoms. The number of nitrogen functional groups attached to an aromatic ring is 1. The van der Waals surface area contributed by atoms with Crippen molar-refractivity contribution in [2.45, 2.75) is 5.75 Å². The van der Waals surface area contributed by atoms with E-state index < -0.39 is 10.0 Å². The largest absolute Gasteiger partial charge is 0.398 e. The lowest BCUT2D eigenvalue weighted by Gasteiger charge is -2.04. The number of nitrogens with two attached hydrogens (primary N) is 1. The summed E-state index contributed by atoms with van der Waals surface area (Å²) >= 11 is 3.24. The molecule has 0 amide bonds. The van der Waals surface area contributed by atoms with Crippen molar-refractivity contribution in [3.63, 3.8) is 0 Å². The highest BCUT2D eigenvalue weighted by Crippen LogP contribution is 2.21. The third-order valence-electron chi connectivity index (χ3n) is 1.73. The number of rotatable bonds is 3. The average Bonchev–Trinajstić information content (AvgIpc) is 2.11. The molecule has 0 saturated heterocycles. The van der Waals surface area contributed by atoms with Gasteiger partial charge in [0.25, 0.3) is 0 Å². The smallest absolute Gasteiger partial charge is 0.215 e. The molecule has 0 heterocycles. The molecule has 0 saturated carbocycles. The molecule has 14 heavy (non-hydrogen) atoms. The zero-order chi connectivity index (χ0) is 10.8. The summed E-state index contributed by atoms with van der Waals surface area (Å²) in [6.07, 6.45) is 0. The van der Waals surface area contributed by atoms with Gasteiger partial charge >= 0.3 is 0 Å². The Bertz CT molecular complexity index is 431. The molecule has 0 bridgehead atoms. The minimum atomic E-state index is -3.21. The van der Waals surface area contributed by atoms with Gasteiger partial charge in [-0.3, -0.25) is 0 Å². The van der Waals surface area contributed by atoms with Crippen molar-refractivity contribution >= 4 is 31.6 Å². The quantitative estimate of drug-likeness (QED) is 0.813. The molecule has 0 aliphatic carbocycles. The number of benzene rings is 1. The van der Waals surface area contributed by atoms with Crippen LogP contribution in [0.4, 0.5) is 5.69 Å². The van der Waals surface area contributed by atoms with Gasteiger partial charge in [0.15, 0.2) is 0 Å². The molecule has 1 rings (SSSR count). The Morgan fingerprint density at radius 1 is 1.50 bits per heavy atom. The van der Waals surface area contributed by atoms with Crippen LogP contribution in [0.3, 0.4) is 0 Å². The van der Waals surface area contributed by atoms with Crippen LogP contribution in [0, 0.1) is 0 Å². The van der Waals surface area contributed by atoms with Crippen LogP contribution in [0.5, 0.6) is 0 Å². The van der Waals surface area contributed by atoms with Crippen LogP contribution in [0.15, 0.2) is 22.7 Å². The Morgan fingerprint density at radius 3 is 2.64 bits per heavy atom. The Kier molecular flexibility index (Phi) is 3.52. The lowest BCUT2D eigenvalue weighted by molar-refractivity contribution is 0.587. The maximum Gasteiger partial charge on any atom is 0.215 e. The van der Waals surface area contributed by atoms with E-state index in [1.165, 1.54) is 7.05 Å². The van der Waals surface area contributed by atoms with Crippen molar-refractivity contribution in [2.24, 2.45) is 0 Å². The summed E-state index contributed by atoms with van der Waals surface area (Å²) in [5.74, 6) is -0.0393. The van der Waals surface area contributed by atoms with Gasteiger partial charge in [-0.2, -0.15) is 0 Å². The average molecular weight is 279 g/mol. The second kappa shape index (κ2) is 4.29. The monoisotopic (exact) mass is 278 g/mol. The SMILES string of the molecule is CNS(=O)(=O)Cc1ccc(N)c(Br)c1. The van der Waals surface area contributed by atoms with Crippen LogP contribution in [-0.4, -0.2) is 15.5 Å². The summed E-state index contributed by atoms with van der Waals surface area (Å²) in [5, 5.41) is 0. The summed E-state index contributed by atoms with van der Waals surface area (Å²) in [6, 6.07) is 5.06. The molecule has 3 N–H and O–H groups in total. The van der Waals surface area contributed by atoms with E-state index in [0.717, 1.165) is 0 Å². The number of nitrogens with one attached hydrogen (secondary N) is 1. The van der Waals surface area contributed by atoms with Crippen molar-refractivity contribution in [3.05, 3.63) is 28.2 Å². The molecule has 0 unspecified atom stereocenters. The minimum absolute atomic E-state index is 0.0393. The van der Waals surface area contributed by atoms with Crippen molar-refractivity contribution in [3.8, 4) is 0 Å². The standard InChI is InChI=1S/C8H11BrN2O2S/c1-11-14(12,13)5-6-2-3-8(10)7(9)4-6/h2-4,11H,5,10H2,1H3. The summed E-state index contributed by atoms with van der Waals surface area (Å²) in [5.41, 5.74) is 6.86. The molecule has 0 aliphatic heterocycles. The molecule has 1 aromatic rings. The third kappa shape index (κ3) is 2.97. The minimum Gasteiger partial charge on any atom is -0.398 e. The maximum absolute atomic E-state index is 11.2. The first-order valence-corrected chi connectivity index (χ1v) is 6.34. The van der Waals surface area contributed by atoms with Crippen molar-refractivity contribution in [2.75, 3.05) is 12.8 Å². The van der Waals surface area contributed by atoms with E-state index in [-0.39, 0.29) is 5.75 Å². The van der Waals surface area contributed by atoms with Gasteiger partial charge in [-0.1, -0.05) is 6.07 Å². The predicted molar refractivity (Wildman–Crippen MR) is 60.2 cm³/mol. The van der Waals surface area contributed by atoms with Gasteiger partial charge in [-0.05, 0) is 40.7 Å². The molecule has 1 aromatic carbocycles. The molecule has 4 nitrogen and oxygen atoms in total. The van der Waals surface area contributed by atoms with Crippen LogP contribution in [0.2, 0.25) is 0 Å². The van der Waals surface area contributed by atoms with Crippen LogP contribution < -0.4 is 10.5 Å². The molecule has 78 valence electrons. The van der Waals surface area contributed by atoms with E-state index in [4.69, 9.17) is 5.73 Å². The van der Waals surface area contributed by atoms with E-state index in [1.54, 1.807) is 18.2 Å². The van der Waals surface area contributed by atoms with Crippen molar-refractivity contribution in [1.29, 1.82) is 0 Å². The van der Waals surface area contributed by atoms with E-state index in [0.29, 0.717) is 15.7 Å². The van der Waals surface area contributed by atoms with E-state index in [2.05, 4.69) is 20.7 Å². The van der Waals surface area contributed by atoms with Gasteiger partial charge < -0.3 is 5.73 Å². The molecule has 0 fully saturated rings. The highest BCUT2D eigenvalue weighted by Gasteiger charge is 2.09. The Morgan fingerprint density at radius 2 is 2.14 bits per heavy atom. The summed E-state index contributed by atoms with van der Waals surface area (Å²) in [6.45, 7) is 0. The first-order chi connectivity index (χ1) is 6.44. The fourth-order valence-electron chi connectivity index (χ4n) is 0.952. The van der Waals surface area contributed by atoms with Gasteiger partial charge in [0, 0.05) is 10.2 Å². The van der Waals surface area contributed by atoms with Crippen molar-refractivity contribution < 1.29 is 8.42 Å². The Balaban J connectivity index is 2.94. The van der Waals surface area contributed by atoms with Crippen LogP contribution >= 0.6 is 15.9 Å². The molecular weight excluding hydrogens is 268 g/mol. The summed E-state index contributed by atoms with van der Waals surface area (Å²) < 4.78 is 25.4. The lowest BCUT2D eigenvalue weighted by Crippen LogP contribution is -2.20. The summed E-state index contributed by atoms with van der Waals surface area (Å²) in [7, 11) is -1.82. The van der Waals surface area contributed by atoms with Gasteiger partial charge in [-0.25, -0.2) is 13.1 Å². The second-order valence-corrected chi connectivity index (χ2v) is 5.60. The van der Waals surface area contributed by atoms with E-state index >= 15 is 0 Å². The summed E-state index contributed by atoms with van der Waals surface area (Å²) in [4.78, 5) is 0. The molecule has 0 radical (unpaired) electrons. The number of sulfonamides is 1. The van der Waals surface area contributed by atoms with Gasteiger partial charge in [0.05, 0.1) is 5.75 Å². The maximum atomic E-state index is 11.2. The van der Waals surface area contributed by atoms with Crippen LogP contribution in [0.1, 0.15) is 5.56 Å². The highest BCUT2D eigenvalue weighted by atomic mass is 79.9. The molecule has 0 atom stereocenters. The number of hydrogen-bond acceptors (Lipinski definition) is 3. The normalized spacial score (nSPS) is 11.6. The third-order valence-corrected chi connectivity index (χ3v) is 3.75. The van der Waals surface area contributed by atoms with Gasteiger partial charge in [0.1, 0.15) is 0 Å².